The Hall–Kier alpha value is -2.30. The van der Waals surface area contributed by atoms with Gasteiger partial charge in [-0.2, -0.15) is 0 Å². The molecule has 0 atom stereocenters. The average molecular weight is 250 g/mol. The van der Waals surface area contributed by atoms with Crippen LogP contribution in [0.25, 0.3) is 6.08 Å². The summed E-state index contributed by atoms with van der Waals surface area (Å²) >= 11 is 0. The molecule has 18 heavy (non-hydrogen) atoms. The fraction of sp³-hybridized carbons (Fsp3) is 0.231. The number of esters is 1. The number of aliphatic carboxylic acids is 1. The summed E-state index contributed by atoms with van der Waals surface area (Å²) in [6, 6.07) is 7.15. The maximum Gasteiger partial charge on any atom is 0.322 e. The van der Waals surface area contributed by atoms with E-state index in [1.54, 1.807) is 44.4 Å². The van der Waals surface area contributed by atoms with Gasteiger partial charge < -0.3 is 14.6 Å². The Bertz CT molecular complexity index is 459. The second kappa shape index (κ2) is 6.44. The van der Waals surface area contributed by atoms with Crippen LogP contribution in [0.3, 0.4) is 0 Å². The van der Waals surface area contributed by atoms with E-state index in [0.717, 1.165) is 11.3 Å². The number of hydrogen-bond donors (Lipinski definition) is 1. The molecule has 0 aliphatic carbocycles. The zero-order valence-corrected chi connectivity index (χ0v) is 10.2. The number of carbonyl (C=O) groups excluding carboxylic acids is 1. The fourth-order valence-electron chi connectivity index (χ4n) is 1.30. The van der Waals surface area contributed by atoms with Crippen molar-refractivity contribution < 1.29 is 24.2 Å². The lowest BCUT2D eigenvalue weighted by Gasteiger charge is -2.03. The molecule has 0 saturated carbocycles. The highest BCUT2D eigenvalue weighted by Crippen LogP contribution is 2.14. The summed E-state index contributed by atoms with van der Waals surface area (Å²) in [5.41, 5.74) is 0.830. The molecule has 0 aliphatic heterocycles. The number of ether oxygens (including phenoxy) is 2. The van der Waals surface area contributed by atoms with E-state index in [1.165, 1.54) is 0 Å². The molecular formula is C13H14O5. The Kier molecular flexibility index (Phi) is 4.92. The molecule has 0 bridgehead atoms. The Morgan fingerprint density at radius 1 is 1.28 bits per heavy atom. The molecule has 1 N–H and O–H groups in total. The maximum atomic E-state index is 11.1. The van der Waals surface area contributed by atoms with Crippen molar-refractivity contribution in [3.8, 4) is 5.75 Å². The predicted molar refractivity (Wildman–Crippen MR) is 65.0 cm³/mol. The molecule has 96 valence electrons. The minimum atomic E-state index is -1.21. The molecule has 0 unspecified atom stereocenters. The molecule has 5 heteroatoms. The second-order valence-electron chi connectivity index (χ2n) is 3.57. The quantitative estimate of drug-likeness (QED) is 0.492. The molecular weight excluding hydrogens is 236 g/mol. The third-order valence-electron chi connectivity index (χ3n) is 2.06. The molecule has 0 spiro atoms. The molecule has 0 saturated heterocycles. The first-order valence-corrected chi connectivity index (χ1v) is 5.26. The summed E-state index contributed by atoms with van der Waals surface area (Å²) in [5, 5.41) is 8.41. The highest BCUT2D eigenvalue weighted by Gasteiger charge is 2.09. The van der Waals surface area contributed by atoms with Crippen LogP contribution in [0.2, 0.25) is 0 Å². The van der Waals surface area contributed by atoms with Gasteiger partial charge in [0.25, 0.3) is 0 Å². The minimum Gasteiger partial charge on any atom is -0.497 e. The van der Waals surface area contributed by atoms with Crippen LogP contribution in [0, 0.1) is 0 Å². The normalized spacial score (nSPS) is 10.9. The van der Waals surface area contributed by atoms with Crippen molar-refractivity contribution in [1.29, 1.82) is 0 Å². The lowest BCUT2D eigenvalue weighted by molar-refractivity contribution is -0.148. The van der Waals surface area contributed by atoms with Gasteiger partial charge in [0.1, 0.15) is 17.9 Å². The molecule has 0 radical (unpaired) electrons. The molecule has 0 aromatic heterocycles. The second-order valence-corrected chi connectivity index (χ2v) is 3.57. The zero-order chi connectivity index (χ0) is 13.5. The zero-order valence-electron chi connectivity index (χ0n) is 10.2. The van der Waals surface area contributed by atoms with Gasteiger partial charge in [0.15, 0.2) is 0 Å². The van der Waals surface area contributed by atoms with Gasteiger partial charge in [-0.3, -0.25) is 9.59 Å². The highest BCUT2D eigenvalue weighted by atomic mass is 16.5. The van der Waals surface area contributed by atoms with Crippen LogP contribution in [0.15, 0.2) is 30.0 Å². The van der Waals surface area contributed by atoms with Crippen LogP contribution in [-0.2, 0) is 14.3 Å². The van der Waals surface area contributed by atoms with Crippen molar-refractivity contribution in [2.24, 2.45) is 0 Å². The molecule has 0 aliphatic rings. The van der Waals surface area contributed by atoms with E-state index < -0.39 is 18.4 Å². The smallest absolute Gasteiger partial charge is 0.322 e. The summed E-state index contributed by atoms with van der Waals surface area (Å²) in [5.74, 6) is -0.930. The standard InChI is InChI=1S/C13H14O5/c1-9(18-13(16)8-12(14)15)7-10-3-5-11(17-2)6-4-10/h3-7H,8H2,1-2H3,(H,14,15). The van der Waals surface area contributed by atoms with E-state index in [0.29, 0.717) is 5.76 Å². The van der Waals surface area contributed by atoms with Crippen molar-refractivity contribution in [3.05, 3.63) is 35.6 Å². The maximum absolute atomic E-state index is 11.1. The monoisotopic (exact) mass is 250 g/mol. The molecule has 0 heterocycles. The first-order chi connectivity index (χ1) is 8.51. The molecule has 5 nitrogen and oxygen atoms in total. The topological polar surface area (TPSA) is 72.8 Å². The molecule has 0 amide bonds. The van der Waals surface area contributed by atoms with E-state index in [-0.39, 0.29) is 0 Å². The summed E-state index contributed by atoms with van der Waals surface area (Å²) in [7, 11) is 1.57. The van der Waals surface area contributed by atoms with Crippen molar-refractivity contribution in [2.75, 3.05) is 7.11 Å². The Labute approximate surface area is 105 Å². The number of carboxylic acids is 1. The molecule has 1 aromatic carbocycles. The third-order valence-corrected chi connectivity index (χ3v) is 2.06. The third kappa shape index (κ3) is 4.69. The summed E-state index contributed by atoms with van der Waals surface area (Å²) in [6.45, 7) is 1.59. The minimum absolute atomic E-state index is 0.339. The van der Waals surface area contributed by atoms with Gasteiger partial charge in [-0.15, -0.1) is 0 Å². The average Bonchev–Trinajstić information content (AvgIpc) is 2.28. The van der Waals surface area contributed by atoms with E-state index >= 15 is 0 Å². The van der Waals surface area contributed by atoms with Crippen molar-refractivity contribution in [3.63, 3.8) is 0 Å². The lowest BCUT2D eigenvalue weighted by Crippen LogP contribution is -2.09. The number of rotatable bonds is 5. The van der Waals surface area contributed by atoms with Crippen molar-refractivity contribution in [2.45, 2.75) is 13.3 Å². The van der Waals surface area contributed by atoms with E-state index in [9.17, 15) is 9.59 Å². The first kappa shape index (κ1) is 13.8. The van der Waals surface area contributed by atoms with E-state index in [1.807, 2.05) is 0 Å². The van der Waals surface area contributed by atoms with Gasteiger partial charge in [0.05, 0.1) is 7.11 Å². The highest BCUT2D eigenvalue weighted by molar-refractivity contribution is 5.90. The molecule has 0 fully saturated rings. The van der Waals surface area contributed by atoms with Crippen LogP contribution >= 0.6 is 0 Å². The Morgan fingerprint density at radius 2 is 1.89 bits per heavy atom. The summed E-state index contributed by atoms with van der Waals surface area (Å²) in [6.07, 6.45) is 0.993. The van der Waals surface area contributed by atoms with Crippen LogP contribution in [0.5, 0.6) is 5.75 Å². The Morgan fingerprint density at radius 3 is 2.39 bits per heavy atom. The number of allylic oxidation sites excluding steroid dienone is 1. The SMILES string of the molecule is COc1ccc(C=C(C)OC(=O)CC(=O)O)cc1. The van der Waals surface area contributed by atoms with Crippen LogP contribution in [0.1, 0.15) is 18.9 Å². The molecule has 1 rings (SSSR count). The van der Waals surface area contributed by atoms with Crippen LogP contribution < -0.4 is 4.74 Å². The van der Waals surface area contributed by atoms with Crippen molar-refractivity contribution >= 4 is 18.0 Å². The van der Waals surface area contributed by atoms with Gasteiger partial charge in [0, 0.05) is 0 Å². The summed E-state index contributed by atoms with van der Waals surface area (Å²) < 4.78 is 9.84. The lowest BCUT2D eigenvalue weighted by atomic mass is 10.2. The van der Waals surface area contributed by atoms with Gasteiger partial charge >= 0.3 is 11.9 Å². The van der Waals surface area contributed by atoms with Gasteiger partial charge in [-0.05, 0) is 30.7 Å². The van der Waals surface area contributed by atoms with Crippen molar-refractivity contribution in [1.82, 2.24) is 0 Å². The number of carbonyl (C=O) groups is 2. The number of methoxy groups -OCH3 is 1. The van der Waals surface area contributed by atoms with Crippen LogP contribution in [0.4, 0.5) is 0 Å². The van der Waals surface area contributed by atoms with E-state index in [4.69, 9.17) is 14.6 Å². The number of benzene rings is 1. The predicted octanol–water partition coefficient (Wildman–Crippen LogP) is 2.07. The largest absolute Gasteiger partial charge is 0.497 e. The van der Waals surface area contributed by atoms with Gasteiger partial charge in [-0.1, -0.05) is 12.1 Å². The fourth-order valence-corrected chi connectivity index (χ4v) is 1.30. The Balaban J connectivity index is 2.64. The molecule has 1 aromatic rings. The van der Waals surface area contributed by atoms with Crippen LogP contribution in [-0.4, -0.2) is 24.2 Å². The van der Waals surface area contributed by atoms with Gasteiger partial charge in [0.2, 0.25) is 0 Å². The summed E-state index contributed by atoms with van der Waals surface area (Å²) in [4.78, 5) is 21.4. The first-order valence-electron chi connectivity index (χ1n) is 5.26. The number of hydrogen-bond acceptors (Lipinski definition) is 4. The number of carboxylic acid groups (broad SMARTS) is 1. The van der Waals surface area contributed by atoms with Gasteiger partial charge in [-0.25, -0.2) is 0 Å². The van der Waals surface area contributed by atoms with E-state index in [2.05, 4.69) is 0 Å².